The van der Waals surface area contributed by atoms with Gasteiger partial charge in [0, 0.05) is 18.9 Å². The molecule has 0 aromatic heterocycles. The van der Waals surface area contributed by atoms with E-state index >= 15 is 0 Å². The van der Waals surface area contributed by atoms with Gasteiger partial charge in [0.2, 0.25) is 5.91 Å². The molecule has 6 nitrogen and oxygen atoms in total. The second-order valence-corrected chi connectivity index (χ2v) is 4.16. The number of methoxy groups -OCH3 is 2. The largest absolute Gasteiger partial charge is 0.550 e. The Morgan fingerprint density at radius 1 is 1.15 bits per heavy atom. The van der Waals surface area contributed by atoms with E-state index in [4.69, 9.17) is 9.47 Å². The van der Waals surface area contributed by atoms with E-state index < -0.39 is 5.97 Å². The van der Waals surface area contributed by atoms with Gasteiger partial charge in [0.1, 0.15) is 0 Å². The Morgan fingerprint density at radius 2 is 1.85 bits per heavy atom. The van der Waals surface area contributed by atoms with E-state index in [9.17, 15) is 14.7 Å². The van der Waals surface area contributed by atoms with Crippen LogP contribution >= 0.6 is 0 Å². The maximum atomic E-state index is 11.3. The van der Waals surface area contributed by atoms with Gasteiger partial charge in [-0.25, -0.2) is 0 Å². The van der Waals surface area contributed by atoms with Crippen LogP contribution in [0.4, 0.5) is 0 Å². The van der Waals surface area contributed by atoms with Crippen molar-refractivity contribution in [3.8, 4) is 11.5 Å². The Morgan fingerprint density at radius 3 is 2.45 bits per heavy atom. The molecule has 0 heterocycles. The second kappa shape index (κ2) is 8.04. The first kappa shape index (κ1) is 15.8. The first-order valence-electron chi connectivity index (χ1n) is 6.24. The van der Waals surface area contributed by atoms with Gasteiger partial charge in [-0.3, -0.25) is 4.79 Å². The third kappa shape index (κ3) is 5.17. The summed E-state index contributed by atoms with van der Waals surface area (Å²) in [4.78, 5) is 21.5. The molecule has 20 heavy (non-hydrogen) atoms. The van der Waals surface area contributed by atoms with Crippen molar-refractivity contribution in [2.45, 2.75) is 19.3 Å². The van der Waals surface area contributed by atoms with Gasteiger partial charge in [-0.05, 0) is 30.5 Å². The van der Waals surface area contributed by atoms with Gasteiger partial charge in [-0.15, -0.1) is 0 Å². The molecule has 0 aliphatic heterocycles. The molecule has 6 heteroatoms. The molecule has 0 atom stereocenters. The zero-order chi connectivity index (χ0) is 15.0. The number of aliphatic carboxylic acids is 1. The molecule has 110 valence electrons. The van der Waals surface area contributed by atoms with Crippen LogP contribution in [0.3, 0.4) is 0 Å². The van der Waals surface area contributed by atoms with E-state index in [2.05, 4.69) is 5.32 Å². The predicted octanol–water partition coefficient (Wildman–Crippen LogP) is -0.107. The van der Waals surface area contributed by atoms with Gasteiger partial charge < -0.3 is 24.7 Å². The number of nitrogens with one attached hydrogen (secondary N) is 1. The molecular weight excluding hydrogens is 262 g/mol. The summed E-state index contributed by atoms with van der Waals surface area (Å²) >= 11 is 0. The smallest absolute Gasteiger partial charge is 0.220 e. The molecule has 0 spiro atoms. The highest BCUT2D eigenvalue weighted by molar-refractivity contribution is 5.79. The lowest BCUT2D eigenvalue weighted by Crippen LogP contribution is -2.29. The summed E-state index contributed by atoms with van der Waals surface area (Å²) in [7, 11) is 3.12. The summed E-state index contributed by atoms with van der Waals surface area (Å²) in [6.45, 7) is 0.432. The summed E-state index contributed by atoms with van der Waals surface area (Å²) in [6, 6.07) is 5.52. The van der Waals surface area contributed by atoms with Crippen LogP contribution in [0.2, 0.25) is 0 Å². The molecule has 0 fully saturated rings. The number of ether oxygens (including phenoxy) is 2. The van der Waals surface area contributed by atoms with E-state index in [0.717, 1.165) is 5.56 Å². The SMILES string of the molecule is COc1ccc(CCNC(=O)CCC(=O)[O-])cc1OC. The number of hydrogen-bond donors (Lipinski definition) is 1. The standard InChI is InChI=1S/C14H19NO5/c1-19-11-4-3-10(9-12(11)20-2)7-8-15-13(16)5-6-14(17)18/h3-4,9H,5-8H2,1-2H3,(H,15,16)(H,17,18)/p-1. The maximum absolute atomic E-state index is 11.3. The highest BCUT2D eigenvalue weighted by Gasteiger charge is 2.05. The van der Waals surface area contributed by atoms with Crippen molar-refractivity contribution in [2.24, 2.45) is 0 Å². The fourth-order valence-corrected chi connectivity index (χ4v) is 1.69. The van der Waals surface area contributed by atoms with E-state index in [1.54, 1.807) is 20.3 Å². The van der Waals surface area contributed by atoms with E-state index in [1.807, 2.05) is 12.1 Å². The molecule has 0 saturated heterocycles. The van der Waals surface area contributed by atoms with Crippen LogP contribution in [0.15, 0.2) is 18.2 Å². The van der Waals surface area contributed by atoms with Crippen LogP contribution in [0.1, 0.15) is 18.4 Å². The molecule has 1 N–H and O–H groups in total. The van der Waals surface area contributed by atoms with Gasteiger partial charge >= 0.3 is 0 Å². The third-order valence-electron chi connectivity index (χ3n) is 2.74. The van der Waals surface area contributed by atoms with Gasteiger partial charge in [0.15, 0.2) is 11.5 Å². The summed E-state index contributed by atoms with van der Waals surface area (Å²) in [6.07, 6.45) is 0.299. The van der Waals surface area contributed by atoms with Crippen LogP contribution in [-0.2, 0) is 16.0 Å². The van der Waals surface area contributed by atoms with Gasteiger partial charge in [0.25, 0.3) is 0 Å². The zero-order valence-corrected chi connectivity index (χ0v) is 11.6. The summed E-state index contributed by atoms with van der Waals surface area (Å²) < 4.78 is 10.3. The van der Waals surface area contributed by atoms with Crippen molar-refractivity contribution in [2.75, 3.05) is 20.8 Å². The van der Waals surface area contributed by atoms with Crippen molar-refractivity contribution in [3.05, 3.63) is 23.8 Å². The van der Waals surface area contributed by atoms with Crippen LogP contribution in [-0.4, -0.2) is 32.6 Å². The van der Waals surface area contributed by atoms with E-state index in [0.29, 0.717) is 24.5 Å². The van der Waals surface area contributed by atoms with E-state index in [-0.39, 0.29) is 18.7 Å². The van der Waals surface area contributed by atoms with E-state index in [1.165, 1.54) is 0 Å². The number of benzene rings is 1. The Hall–Kier alpha value is -2.24. The van der Waals surface area contributed by atoms with Crippen molar-refractivity contribution in [1.82, 2.24) is 5.32 Å². The van der Waals surface area contributed by atoms with Crippen LogP contribution in [0.5, 0.6) is 11.5 Å². The lowest BCUT2D eigenvalue weighted by Gasteiger charge is -2.10. The number of carbonyl (C=O) groups excluding carboxylic acids is 2. The topological polar surface area (TPSA) is 87.7 Å². The molecule has 0 radical (unpaired) electrons. The first-order chi connectivity index (χ1) is 9.56. The fourth-order valence-electron chi connectivity index (χ4n) is 1.69. The highest BCUT2D eigenvalue weighted by Crippen LogP contribution is 2.27. The lowest BCUT2D eigenvalue weighted by molar-refractivity contribution is -0.305. The quantitative estimate of drug-likeness (QED) is 0.718. The molecule has 0 unspecified atom stereocenters. The Bertz CT molecular complexity index is 473. The third-order valence-corrected chi connectivity index (χ3v) is 2.74. The number of rotatable bonds is 8. The van der Waals surface area contributed by atoms with Gasteiger partial charge in [0.05, 0.1) is 14.2 Å². The normalized spacial score (nSPS) is 9.90. The number of carbonyl (C=O) groups is 2. The van der Waals surface area contributed by atoms with Crippen LogP contribution in [0, 0.1) is 0 Å². The molecule has 1 amide bonds. The average Bonchev–Trinajstić information content (AvgIpc) is 2.44. The molecule has 1 rings (SSSR count). The average molecular weight is 280 g/mol. The minimum Gasteiger partial charge on any atom is -0.550 e. The first-order valence-corrected chi connectivity index (χ1v) is 6.24. The summed E-state index contributed by atoms with van der Waals surface area (Å²) in [5, 5.41) is 12.9. The highest BCUT2D eigenvalue weighted by atomic mass is 16.5. The number of carboxylic acids is 1. The molecule has 0 bridgehead atoms. The number of amides is 1. The predicted molar refractivity (Wildman–Crippen MR) is 70.5 cm³/mol. The Balaban J connectivity index is 2.42. The van der Waals surface area contributed by atoms with Crippen molar-refractivity contribution >= 4 is 11.9 Å². The molecule has 1 aromatic carbocycles. The van der Waals surface area contributed by atoms with Gasteiger partial charge in [-0.1, -0.05) is 6.07 Å². The minimum atomic E-state index is -1.22. The van der Waals surface area contributed by atoms with Crippen molar-refractivity contribution in [1.29, 1.82) is 0 Å². The van der Waals surface area contributed by atoms with Gasteiger partial charge in [-0.2, -0.15) is 0 Å². The van der Waals surface area contributed by atoms with Crippen molar-refractivity contribution < 1.29 is 24.2 Å². The number of hydrogen-bond acceptors (Lipinski definition) is 5. The maximum Gasteiger partial charge on any atom is 0.220 e. The Kier molecular flexibility index (Phi) is 6.36. The lowest BCUT2D eigenvalue weighted by atomic mass is 10.1. The second-order valence-electron chi connectivity index (χ2n) is 4.16. The molecular formula is C14H18NO5-. The summed E-state index contributed by atoms with van der Waals surface area (Å²) in [5.41, 5.74) is 0.989. The molecule has 0 aliphatic rings. The fraction of sp³-hybridized carbons (Fsp3) is 0.429. The minimum absolute atomic E-state index is 0.0612. The molecule has 0 saturated carbocycles. The molecule has 1 aromatic rings. The van der Waals surface area contributed by atoms with Crippen molar-refractivity contribution in [3.63, 3.8) is 0 Å². The zero-order valence-electron chi connectivity index (χ0n) is 11.6. The monoisotopic (exact) mass is 280 g/mol. The van der Waals surface area contributed by atoms with Crippen LogP contribution in [0.25, 0.3) is 0 Å². The Labute approximate surface area is 117 Å². The molecule has 0 aliphatic carbocycles. The van der Waals surface area contributed by atoms with Crippen LogP contribution < -0.4 is 19.9 Å². The summed E-state index contributed by atoms with van der Waals surface area (Å²) in [5.74, 6) is -0.239. The number of carboxylic acid groups (broad SMARTS) is 1.